The van der Waals surface area contributed by atoms with Crippen molar-refractivity contribution in [3.8, 4) is 55.9 Å². The highest BCUT2D eigenvalue weighted by Crippen LogP contribution is 2.59. The number of hydrogen-bond donors (Lipinski definition) is 0. The van der Waals surface area contributed by atoms with Gasteiger partial charge < -0.3 is 4.90 Å². The van der Waals surface area contributed by atoms with Gasteiger partial charge in [-0.05, 0) is 103 Å². The topological polar surface area (TPSA) is 20.5 Å². The second-order valence-electron chi connectivity index (χ2n) is 19.1. The molecule has 1 aliphatic carbocycles. The van der Waals surface area contributed by atoms with E-state index >= 15 is 0 Å². The van der Waals surface area contributed by atoms with Gasteiger partial charge in [-0.1, -0.05) is 243 Å². The molecule has 11 aromatic carbocycles. The molecule has 0 atom stereocenters. The Labute approximate surface area is 425 Å². The summed E-state index contributed by atoms with van der Waals surface area (Å²) in [4.78, 5) is 2.49. The average molecular weight is 930 g/mol. The van der Waals surface area contributed by atoms with E-state index in [1.54, 1.807) is 0 Å². The van der Waals surface area contributed by atoms with Gasteiger partial charge in [-0.3, -0.25) is 0 Å². The van der Waals surface area contributed by atoms with Gasteiger partial charge in [0.15, 0.2) is 0 Å². The number of anilines is 3. The van der Waals surface area contributed by atoms with Crippen LogP contribution in [0.1, 0.15) is 22.3 Å². The Hall–Kier alpha value is -9.57. The van der Waals surface area contributed by atoms with E-state index in [4.69, 9.17) is 5.10 Å². The first-order valence-electron chi connectivity index (χ1n) is 25.1. The Morgan fingerprint density at radius 1 is 0.342 bits per heavy atom. The first-order valence-corrected chi connectivity index (χ1v) is 25.1. The summed E-state index contributed by atoms with van der Waals surface area (Å²) in [7, 11) is 0. The zero-order valence-electron chi connectivity index (χ0n) is 40.0. The lowest BCUT2D eigenvalue weighted by Gasteiger charge is -2.34. The molecule has 0 radical (unpaired) electrons. The third-order valence-electron chi connectivity index (χ3n) is 15.0. The van der Waals surface area contributed by atoms with Gasteiger partial charge in [-0.2, -0.15) is 5.10 Å². The van der Waals surface area contributed by atoms with Crippen molar-refractivity contribution in [2.45, 2.75) is 5.41 Å². The molecule has 3 heteroatoms. The number of rotatable bonds is 9. The van der Waals surface area contributed by atoms with Crippen LogP contribution in [0.3, 0.4) is 0 Å². The molecule has 342 valence electrons. The van der Waals surface area contributed by atoms with Crippen LogP contribution in [0, 0.1) is 0 Å². The molecule has 3 nitrogen and oxygen atoms in total. The SMILES string of the molecule is c1ccc(-c2nn3c(-c4ccccc4)cc4ccc(N(c5ccc(-c6ccc7ccccc7c6)cc5)c5cccc6c5-c5ccccc5C6(c5ccccc5)c5ccccc5)cc4c3c2-c2ccccc2)cc1. The highest BCUT2D eigenvalue weighted by atomic mass is 15.2. The largest absolute Gasteiger partial charge is 0.310 e. The normalized spacial score (nSPS) is 12.5. The van der Waals surface area contributed by atoms with Crippen LogP contribution in [0.2, 0.25) is 0 Å². The van der Waals surface area contributed by atoms with Crippen LogP contribution < -0.4 is 4.90 Å². The van der Waals surface area contributed by atoms with E-state index in [0.29, 0.717) is 0 Å². The third kappa shape index (κ3) is 6.85. The molecule has 0 saturated carbocycles. The molecule has 1 aliphatic rings. The van der Waals surface area contributed by atoms with Crippen molar-refractivity contribution in [2.75, 3.05) is 4.90 Å². The number of fused-ring (bicyclic) bond motifs is 7. The Morgan fingerprint density at radius 3 is 1.59 bits per heavy atom. The summed E-state index contributed by atoms with van der Waals surface area (Å²) >= 11 is 0. The van der Waals surface area contributed by atoms with Crippen LogP contribution in [-0.4, -0.2) is 9.61 Å². The third-order valence-corrected chi connectivity index (χ3v) is 15.0. The van der Waals surface area contributed by atoms with Gasteiger partial charge in [0.2, 0.25) is 0 Å². The smallest absolute Gasteiger partial charge is 0.101 e. The molecule has 13 aromatic rings. The fraction of sp³-hybridized carbons (Fsp3) is 0.0143. The van der Waals surface area contributed by atoms with Crippen molar-refractivity contribution in [3.63, 3.8) is 0 Å². The molecule has 0 amide bonds. The molecular formula is C70H47N3. The summed E-state index contributed by atoms with van der Waals surface area (Å²) < 4.78 is 2.19. The van der Waals surface area contributed by atoms with Gasteiger partial charge >= 0.3 is 0 Å². The Morgan fingerprint density at radius 2 is 0.890 bits per heavy atom. The molecular weight excluding hydrogens is 883 g/mol. The van der Waals surface area contributed by atoms with Gasteiger partial charge in [-0.15, -0.1) is 0 Å². The molecule has 0 N–H and O–H groups in total. The molecule has 2 heterocycles. The van der Waals surface area contributed by atoms with Crippen molar-refractivity contribution < 1.29 is 0 Å². The van der Waals surface area contributed by atoms with E-state index in [0.717, 1.165) is 67.0 Å². The van der Waals surface area contributed by atoms with E-state index in [2.05, 4.69) is 295 Å². The van der Waals surface area contributed by atoms with Gasteiger partial charge in [0.05, 0.1) is 22.3 Å². The minimum absolute atomic E-state index is 0.560. The summed E-state index contributed by atoms with van der Waals surface area (Å²) in [6.45, 7) is 0. The molecule has 0 bridgehead atoms. The molecule has 14 rings (SSSR count). The average Bonchev–Trinajstić information content (AvgIpc) is 4.02. The minimum Gasteiger partial charge on any atom is -0.310 e. The van der Waals surface area contributed by atoms with Gasteiger partial charge in [0.1, 0.15) is 5.69 Å². The Kier molecular flexibility index (Phi) is 10.1. The monoisotopic (exact) mass is 929 g/mol. The summed E-state index contributed by atoms with van der Waals surface area (Å²) in [6.07, 6.45) is 0. The first-order chi connectivity index (χ1) is 36.2. The lowest BCUT2D eigenvalue weighted by molar-refractivity contribution is 0.768. The number of benzene rings is 11. The van der Waals surface area contributed by atoms with Crippen molar-refractivity contribution in [3.05, 3.63) is 307 Å². The van der Waals surface area contributed by atoms with E-state index in [-0.39, 0.29) is 0 Å². The summed E-state index contributed by atoms with van der Waals surface area (Å²) in [5.74, 6) is 0. The van der Waals surface area contributed by atoms with E-state index in [1.165, 1.54) is 55.3 Å². The van der Waals surface area contributed by atoms with E-state index in [9.17, 15) is 0 Å². The predicted molar refractivity (Wildman–Crippen MR) is 304 cm³/mol. The minimum atomic E-state index is -0.560. The van der Waals surface area contributed by atoms with Gasteiger partial charge in [0.25, 0.3) is 0 Å². The first kappa shape index (κ1) is 42.3. The van der Waals surface area contributed by atoms with Crippen LogP contribution in [0.15, 0.2) is 285 Å². The second-order valence-corrected chi connectivity index (χ2v) is 19.1. The van der Waals surface area contributed by atoms with Crippen molar-refractivity contribution in [1.82, 2.24) is 9.61 Å². The molecule has 0 aliphatic heterocycles. The maximum absolute atomic E-state index is 5.58. The van der Waals surface area contributed by atoms with Crippen LogP contribution in [0.5, 0.6) is 0 Å². The fourth-order valence-electron chi connectivity index (χ4n) is 11.8. The quantitative estimate of drug-likeness (QED) is 0.144. The number of aromatic nitrogens is 2. The van der Waals surface area contributed by atoms with Crippen molar-refractivity contribution in [2.24, 2.45) is 0 Å². The molecule has 0 fully saturated rings. The zero-order valence-corrected chi connectivity index (χ0v) is 40.0. The summed E-state index contributed by atoms with van der Waals surface area (Å²) in [5, 5.41) is 10.3. The van der Waals surface area contributed by atoms with E-state index < -0.39 is 5.41 Å². The highest BCUT2D eigenvalue weighted by molar-refractivity contribution is 6.10. The van der Waals surface area contributed by atoms with Crippen LogP contribution in [0.25, 0.3) is 83.0 Å². The van der Waals surface area contributed by atoms with Crippen molar-refractivity contribution >= 4 is 44.1 Å². The number of nitrogens with zero attached hydrogens (tertiary/aromatic N) is 3. The van der Waals surface area contributed by atoms with Gasteiger partial charge in [0, 0.05) is 39.0 Å². The zero-order chi connectivity index (χ0) is 48.3. The maximum Gasteiger partial charge on any atom is 0.101 e. The lowest BCUT2D eigenvalue weighted by Crippen LogP contribution is -2.28. The van der Waals surface area contributed by atoms with Crippen LogP contribution >= 0.6 is 0 Å². The highest BCUT2D eigenvalue weighted by Gasteiger charge is 2.47. The Bertz CT molecular complexity index is 4130. The molecule has 73 heavy (non-hydrogen) atoms. The standard InChI is InChI=1S/C70H47N3/c1-6-22-50(23-7-1)65-46-55-41-44-59(47-61(55)69-66(51-24-8-2-9-25-51)68(71-73(65)69)52-26-10-3-11-27-52)72(58-42-39-49(40-43-58)54-38-37-48-21-16-17-28-53(48)45-54)64-36-20-35-63-67(64)60-33-18-19-34-62(60)70(63,56-29-12-4-13-30-56)57-31-14-5-15-32-57/h1-47H. The summed E-state index contributed by atoms with van der Waals surface area (Å²) in [5.41, 5.74) is 19.9. The summed E-state index contributed by atoms with van der Waals surface area (Å²) in [6, 6.07) is 104. The molecule has 0 spiro atoms. The number of hydrogen-bond acceptors (Lipinski definition) is 2. The Balaban J connectivity index is 1.06. The van der Waals surface area contributed by atoms with Crippen LogP contribution in [-0.2, 0) is 5.41 Å². The molecule has 2 aromatic heterocycles. The van der Waals surface area contributed by atoms with Gasteiger partial charge in [-0.25, -0.2) is 4.52 Å². The lowest BCUT2D eigenvalue weighted by atomic mass is 9.68. The van der Waals surface area contributed by atoms with Crippen molar-refractivity contribution in [1.29, 1.82) is 0 Å². The second kappa shape index (κ2) is 17.4. The molecule has 0 saturated heterocycles. The number of pyridine rings is 1. The predicted octanol–water partition coefficient (Wildman–Crippen LogP) is 18.1. The van der Waals surface area contributed by atoms with Crippen LogP contribution in [0.4, 0.5) is 17.1 Å². The maximum atomic E-state index is 5.58. The molecule has 0 unspecified atom stereocenters. The fourth-order valence-corrected chi connectivity index (χ4v) is 11.8. The van der Waals surface area contributed by atoms with E-state index in [1.807, 2.05) is 0 Å².